The summed E-state index contributed by atoms with van der Waals surface area (Å²) >= 11 is 0. The summed E-state index contributed by atoms with van der Waals surface area (Å²) in [5.41, 5.74) is 4.57. The summed E-state index contributed by atoms with van der Waals surface area (Å²) in [6.07, 6.45) is 0.210. The molecule has 202 valence electrons. The minimum absolute atomic E-state index is 0.110. The second kappa shape index (κ2) is 11.7. The van der Waals surface area contributed by atoms with Gasteiger partial charge in [0.2, 0.25) is 5.91 Å². The van der Waals surface area contributed by atoms with Gasteiger partial charge in [0.15, 0.2) is 6.61 Å². The van der Waals surface area contributed by atoms with Crippen LogP contribution >= 0.6 is 0 Å². The molecule has 0 atom stereocenters. The number of ether oxygens (including phenoxy) is 2. The van der Waals surface area contributed by atoms with E-state index < -0.39 is 5.97 Å². The van der Waals surface area contributed by atoms with E-state index in [1.54, 1.807) is 47.4 Å². The largest absolute Gasteiger partial charge is 0.494 e. The van der Waals surface area contributed by atoms with Crippen molar-refractivity contribution in [1.29, 1.82) is 0 Å². The summed E-state index contributed by atoms with van der Waals surface area (Å²) in [5.74, 6) is -0.0676. The highest BCUT2D eigenvalue weighted by molar-refractivity contribution is 5.99. The molecule has 5 rings (SSSR count). The highest BCUT2D eigenvalue weighted by Crippen LogP contribution is 2.36. The van der Waals surface area contributed by atoms with Crippen LogP contribution in [0.4, 0.5) is 11.4 Å². The maximum absolute atomic E-state index is 12.8. The van der Waals surface area contributed by atoms with Crippen LogP contribution in [0.25, 0.3) is 11.1 Å². The number of nitrogens with zero attached hydrogens (tertiary/aromatic N) is 1. The third-order valence-corrected chi connectivity index (χ3v) is 6.55. The Morgan fingerprint density at radius 2 is 1.68 bits per heavy atom. The lowest BCUT2D eigenvalue weighted by atomic mass is 9.98. The standard InChI is InChI=1S/C32H28N2O6/c1-2-39-25-14-9-21(10-15-25)17-30(35)33-24-13-16-28-29(18-24)40-20-31(36)34(28)19-22-7-11-23(12-8-22)26-5-3-4-6-27(26)32(37)38/h3-16,18H,2,17,19-20H2,1H3,(H,33,35)(H,37,38). The number of carboxylic acid groups (broad SMARTS) is 1. The van der Waals surface area contributed by atoms with E-state index in [1.165, 1.54) is 0 Å². The molecule has 8 heteroatoms. The zero-order valence-corrected chi connectivity index (χ0v) is 21.9. The number of aromatic carboxylic acids is 1. The van der Waals surface area contributed by atoms with Crippen LogP contribution in [-0.4, -0.2) is 36.1 Å². The molecule has 0 spiro atoms. The summed E-state index contributed by atoms with van der Waals surface area (Å²) < 4.78 is 11.1. The monoisotopic (exact) mass is 536 g/mol. The van der Waals surface area contributed by atoms with Crippen LogP contribution < -0.4 is 19.7 Å². The Bertz CT molecular complexity index is 1550. The van der Waals surface area contributed by atoms with Crippen molar-refractivity contribution in [2.75, 3.05) is 23.4 Å². The molecule has 2 amide bonds. The second-order valence-corrected chi connectivity index (χ2v) is 9.30. The fraction of sp³-hybridized carbons (Fsp3) is 0.156. The second-order valence-electron chi connectivity index (χ2n) is 9.30. The molecule has 40 heavy (non-hydrogen) atoms. The van der Waals surface area contributed by atoms with E-state index >= 15 is 0 Å². The molecule has 8 nitrogen and oxygen atoms in total. The average Bonchev–Trinajstić information content (AvgIpc) is 2.96. The molecule has 1 heterocycles. The van der Waals surface area contributed by atoms with Crippen LogP contribution in [0, 0.1) is 0 Å². The summed E-state index contributed by atoms with van der Waals surface area (Å²) in [6.45, 7) is 2.71. The van der Waals surface area contributed by atoms with Crippen molar-refractivity contribution in [1.82, 2.24) is 0 Å². The Labute approximate surface area is 231 Å². The average molecular weight is 537 g/mol. The minimum atomic E-state index is -0.984. The highest BCUT2D eigenvalue weighted by Gasteiger charge is 2.26. The lowest BCUT2D eigenvalue weighted by Crippen LogP contribution is -2.38. The Morgan fingerprint density at radius 3 is 2.40 bits per heavy atom. The molecule has 0 unspecified atom stereocenters. The van der Waals surface area contributed by atoms with Gasteiger partial charge in [0, 0.05) is 11.8 Å². The van der Waals surface area contributed by atoms with Crippen molar-refractivity contribution in [3.05, 3.63) is 108 Å². The molecule has 0 bridgehead atoms. The first kappa shape index (κ1) is 26.5. The van der Waals surface area contributed by atoms with E-state index in [4.69, 9.17) is 9.47 Å². The number of anilines is 2. The Morgan fingerprint density at radius 1 is 0.950 bits per heavy atom. The number of carboxylic acids is 1. The molecule has 2 N–H and O–H groups in total. The molecule has 4 aromatic carbocycles. The number of nitrogens with one attached hydrogen (secondary N) is 1. The van der Waals surface area contributed by atoms with Crippen molar-refractivity contribution in [3.63, 3.8) is 0 Å². The predicted octanol–water partition coefficient (Wildman–Crippen LogP) is 5.56. The van der Waals surface area contributed by atoms with E-state index in [-0.39, 0.29) is 30.4 Å². The minimum Gasteiger partial charge on any atom is -0.494 e. The molecule has 0 fully saturated rings. The molecule has 1 aliphatic heterocycles. The van der Waals surface area contributed by atoms with Gasteiger partial charge < -0.3 is 24.8 Å². The third-order valence-electron chi connectivity index (χ3n) is 6.55. The van der Waals surface area contributed by atoms with Crippen LogP contribution in [0.3, 0.4) is 0 Å². The van der Waals surface area contributed by atoms with Gasteiger partial charge in [0.25, 0.3) is 5.91 Å². The van der Waals surface area contributed by atoms with Crippen LogP contribution in [0.5, 0.6) is 11.5 Å². The fourth-order valence-electron chi connectivity index (χ4n) is 4.61. The topological polar surface area (TPSA) is 105 Å². The van der Waals surface area contributed by atoms with Gasteiger partial charge in [-0.25, -0.2) is 4.79 Å². The zero-order chi connectivity index (χ0) is 28.1. The van der Waals surface area contributed by atoms with Gasteiger partial charge in [0.05, 0.1) is 30.8 Å². The molecule has 0 saturated carbocycles. The number of benzene rings is 4. The first-order valence-corrected chi connectivity index (χ1v) is 12.9. The van der Waals surface area contributed by atoms with Crippen molar-refractivity contribution in [2.45, 2.75) is 19.9 Å². The van der Waals surface area contributed by atoms with Crippen molar-refractivity contribution in [2.24, 2.45) is 0 Å². The Hall–Kier alpha value is -5.11. The van der Waals surface area contributed by atoms with Crippen LogP contribution in [0.1, 0.15) is 28.4 Å². The molecule has 0 aromatic heterocycles. The normalized spacial score (nSPS) is 12.3. The number of hydrogen-bond acceptors (Lipinski definition) is 5. The maximum Gasteiger partial charge on any atom is 0.336 e. The first-order valence-electron chi connectivity index (χ1n) is 12.9. The lowest BCUT2D eigenvalue weighted by molar-refractivity contribution is -0.121. The molecule has 0 radical (unpaired) electrons. The number of fused-ring (bicyclic) bond motifs is 1. The Kier molecular flexibility index (Phi) is 7.77. The smallest absolute Gasteiger partial charge is 0.336 e. The van der Waals surface area contributed by atoms with Gasteiger partial charge in [-0.1, -0.05) is 54.6 Å². The maximum atomic E-state index is 12.8. The lowest BCUT2D eigenvalue weighted by Gasteiger charge is -2.30. The van der Waals surface area contributed by atoms with Crippen LogP contribution in [0.2, 0.25) is 0 Å². The molecular weight excluding hydrogens is 508 g/mol. The SMILES string of the molecule is CCOc1ccc(CC(=O)Nc2ccc3c(c2)OCC(=O)N3Cc2ccc(-c3ccccc3C(=O)O)cc2)cc1. The summed E-state index contributed by atoms with van der Waals surface area (Å²) in [7, 11) is 0. The molecule has 4 aromatic rings. The third kappa shape index (κ3) is 5.96. The van der Waals surface area contributed by atoms with Gasteiger partial charge in [-0.2, -0.15) is 0 Å². The number of amides is 2. The Balaban J connectivity index is 1.27. The number of hydrogen-bond donors (Lipinski definition) is 2. The fourth-order valence-corrected chi connectivity index (χ4v) is 4.61. The van der Waals surface area contributed by atoms with Gasteiger partial charge in [-0.3, -0.25) is 9.59 Å². The van der Waals surface area contributed by atoms with E-state index in [9.17, 15) is 19.5 Å². The van der Waals surface area contributed by atoms with Crippen LogP contribution in [-0.2, 0) is 22.6 Å². The number of carbonyl (C=O) groups is 3. The molecular formula is C32H28N2O6. The first-order chi connectivity index (χ1) is 19.4. The quantitative estimate of drug-likeness (QED) is 0.290. The molecule has 0 aliphatic carbocycles. The van der Waals surface area contributed by atoms with E-state index in [0.29, 0.717) is 35.8 Å². The van der Waals surface area contributed by atoms with E-state index in [2.05, 4.69) is 5.32 Å². The van der Waals surface area contributed by atoms with E-state index in [0.717, 1.165) is 22.4 Å². The number of rotatable bonds is 9. The van der Waals surface area contributed by atoms with Gasteiger partial charge in [0.1, 0.15) is 11.5 Å². The predicted molar refractivity (Wildman–Crippen MR) is 152 cm³/mol. The summed E-state index contributed by atoms with van der Waals surface area (Å²) in [6, 6.07) is 26.9. The summed E-state index contributed by atoms with van der Waals surface area (Å²) in [4.78, 5) is 38.6. The molecule has 1 aliphatic rings. The zero-order valence-electron chi connectivity index (χ0n) is 21.9. The van der Waals surface area contributed by atoms with Crippen molar-refractivity contribution < 1.29 is 29.0 Å². The van der Waals surface area contributed by atoms with Gasteiger partial charge >= 0.3 is 5.97 Å². The number of carbonyl (C=O) groups excluding carboxylic acids is 2. The van der Waals surface area contributed by atoms with Crippen LogP contribution in [0.15, 0.2) is 91.0 Å². The van der Waals surface area contributed by atoms with Gasteiger partial charge in [-0.15, -0.1) is 0 Å². The summed E-state index contributed by atoms with van der Waals surface area (Å²) in [5, 5.41) is 12.4. The van der Waals surface area contributed by atoms with Crippen molar-refractivity contribution in [3.8, 4) is 22.6 Å². The van der Waals surface area contributed by atoms with Crippen molar-refractivity contribution >= 4 is 29.2 Å². The van der Waals surface area contributed by atoms with E-state index in [1.807, 2.05) is 55.5 Å². The highest BCUT2D eigenvalue weighted by atomic mass is 16.5. The molecule has 0 saturated heterocycles. The van der Waals surface area contributed by atoms with Gasteiger partial charge in [-0.05, 0) is 59.5 Å².